The third-order valence-electron chi connectivity index (χ3n) is 5.83. The smallest absolute Gasteiger partial charge is 0.404 e. The van der Waals surface area contributed by atoms with Crippen molar-refractivity contribution in [1.29, 1.82) is 0 Å². The van der Waals surface area contributed by atoms with Gasteiger partial charge in [0.15, 0.2) is 0 Å². The van der Waals surface area contributed by atoms with Gasteiger partial charge in [0, 0.05) is 12.1 Å². The van der Waals surface area contributed by atoms with Gasteiger partial charge in [-0.2, -0.15) is 0 Å². The van der Waals surface area contributed by atoms with E-state index in [0.29, 0.717) is 49.0 Å². The zero-order valence-corrected chi connectivity index (χ0v) is 19.9. The van der Waals surface area contributed by atoms with Crippen molar-refractivity contribution >= 4 is 12.0 Å². The van der Waals surface area contributed by atoms with Gasteiger partial charge in [-0.15, -0.1) is 0 Å². The molecule has 0 aromatic heterocycles. The molecule has 1 unspecified atom stereocenters. The molecule has 7 heteroatoms. The molecule has 0 saturated carbocycles. The lowest BCUT2D eigenvalue weighted by molar-refractivity contribution is 0.125. The molecule has 0 radical (unpaired) electrons. The first kappa shape index (κ1) is 24.3. The summed E-state index contributed by atoms with van der Waals surface area (Å²) >= 11 is 0. The van der Waals surface area contributed by atoms with E-state index >= 15 is 0 Å². The van der Waals surface area contributed by atoms with Gasteiger partial charge in [-0.1, -0.05) is 54.6 Å². The van der Waals surface area contributed by atoms with E-state index in [4.69, 9.17) is 14.6 Å². The Bertz CT molecular complexity index is 1190. The maximum absolute atomic E-state index is 12.2. The predicted molar refractivity (Wildman–Crippen MR) is 134 cm³/mol. The van der Waals surface area contributed by atoms with Crippen LogP contribution in [0.1, 0.15) is 42.5 Å². The second kappa shape index (κ2) is 10.2. The van der Waals surface area contributed by atoms with Crippen LogP contribution in [0.3, 0.4) is 0 Å². The quantitative estimate of drug-likeness (QED) is 0.312. The van der Waals surface area contributed by atoms with Gasteiger partial charge in [0.05, 0.1) is 12.1 Å². The van der Waals surface area contributed by atoms with E-state index in [1.54, 1.807) is 0 Å². The minimum absolute atomic E-state index is 0.247. The molecule has 0 bridgehead atoms. The van der Waals surface area contributed by atoms with E-state index in [2.05, 4.69) is 10.3 Å². The van der Waals surface area contributed by atoms with Gasteiger partial charge in [0.25, 0.3) is 0 Å². The number of aliphatic imine (C=N–C) groups is 1. The van der Waals surface area contributed by atoms with Crippen molar-refractivity contribution in [3.63, 3.8) is 0 Å². The van der Waals surface area contributed by atoms with Crippen LogP contribution in [0, 0.1) is 0 Å². The number of amides is 1. The summed E-state index contributed by atoms with van der Waals surface area (Å²) in [6.07, 6.45) is -0.523. The molecule has 182 valence electrons. The van der Waals surface area contributed by atoms with Crippen LogP contribution in [0.2, 0.25) is 0 Å². The second-order valence-corrected chi connectivity index (χ2v) is 9.13. The zero-order chi connectivity index (χ0) is 24.9. The highest BCUT2D eigenvalue weighted by Crippen LogP contribution is 2.38. The number of aliphatic hydroxyl groups is 1. The maximum Gasteiger partial charge on any atom is 0.404 e. The van der Waals surface area contributed by atoms with Crippen LogP contribution in [0.4, 0.5) is 4.79 Å². The molecule has 35 heavy (non-hydrogen) atoms. The third kappa shape index (κ3) is 5.63. The van der Waals surface area contributed by atoms with E-state index in [9.17, 15) is 9.90 Å². The lowest BCUT2D eigenvalue weighted by Gasteiger charge is -2.30. The molecule has 3 N–H and O–H groups in total. The van der Waals surface area contributed by atoms with E-state index in [1.807, 2.05) is 92.7 Å². The molecular weight excluding hydrogens is 444 g/mol. The fourth-order valence-corrected chi connectivity index (χ4v) is 4.03. The Balaban J connectivity index is 1.63. The lowest BCUT2D eigenvalue weighted by Crippen LogP contribution is -2.29. The summed E-state index contributed by atoms with van der Waals surface area (Å²) in [5, 5.41) is 23.2. The molecule has 0 saturated heterocycles. The highest BCUT2D eigenvalue weighted by Gasteiger charge is 2.34. The monoisotopic (exact) mass is 474 g/mol. The molecule has 1 atom stereocenters. The summed E-state index contributed by atoms with van der Waals surface area (Å²) in [6, 6.07) is 24.5. The fraction of sp³-hybridized carbons (Fsp3) is 0.286. The average Bonchev–Trinajstić information content (AvgIpc) is 3.23. The summed E-state index contributed by atoms with van der Waals surface area (Å²) in [5.41, 5.74) is 1.29. The van der Waals surface area contributed by atoms with E-state index < -0.39 is 11.7 Å². The van der Waals surface area contributed by atoms with Gasteiger partial charge in [0.2, 0.25) is 5.90 Å². The van der Waals surface area contributed by atoms with Crippen LogP contribution in [0.25, 0.3) is 0 Å². The van der Waals surface area contributed by atoms with Crippen molar-refractivity contribution in [2.75, 3.05) is 19.8 Å². The van der Waals surface area contributed by atoms with Crippen molar-refractivity contribution in [3.05, 3.63) is 101 Å². The van der Waals surface area contributed by atoms with Crippen molar-refractivity contribution in [3.8, 4) is 5.75 Å². The number of carbonyl (C=O) groups is 1. The first-order valence-corrected chi connectivity index (χ1v) is 11.6. The molecule has 0 spiro atoms. The van der Waals surface area contributed by atoms with E-state index in [-0.39, 0.29) is 5.54 Å². The number of nitrogens with zero attached hydrogens (tertiary/aromatic N) is 1. The molecule has 7 nitrogen and oxygen atoms in total. The predicted octanol–water partition coefficient (Wildman–Crippen LogP) is 4.56. The molecule has 4 rings (SSSR count). The standard InChI is InChI=1S/C28H30N2O5/c1-27(2)19-35-25(30-27)20-12-14-22(15-13-20)28(33,21-8-4-3-5-9-21)23-10-6-11-24(18-23)34-17-7-16-29-26(31)32/h3-6,8-15,18,29,33H,7,16-17,19H2,1-2H3,(H,31,32). The van der Waals surface area contributed by atoms with E-state index in [0.717, 1.165) is 11.1 Å². The molecule has 0 fully saturated rings. The Morgan fingerprint density at radius 3 is 2.37 bits per heavy atom. The first-order chi connectivity index (χ1) is 16.8. The Morgan fingerprint density at radius 1 is 1.03 bits per heavy atom. The summed E-state index contributed by atoms with van der Waals surface area (Å²) in [6.45, 7) is 5.25. The topological polar surface area (TPSA) is 100 Å². The molecule has 3 aromatic carbocycles. The molecular formula is C28H30N2O5. The summed E-state index contributed by atoms with van der Waals surface area (Å²) < 4.78 is 11.6. The Kier molecular flexibility index (Phi) is 7.07. The van der Waals surface area contributed by atoms with E-state index in [1.165, 1.54) is 0 Å². The second-order valence-electron chi connectivity index (χ2n) is 9.13. The summed E-state index contributed by atoms with van der Waals surface area (Å²) in [5.74, 6) is 1.21. The van der Waals surface area contributed by atoms with Gasteiger partial charge in [-0.3, -0.25) is 0 Å². The summed E-state index contributed by atoms with van der Waals surface area (Å²) in [4.78, 5) is 15.2. The first-order valence-electron chi connectivity index (χ1n) is 11.6. The minimum Gasteiger partial charge on any atom is -0.494 e. The molecule has 1 aliphatic heterocycles. The average molecular weight is 475 g/mol. The molecule has 1 aliphatic rings. The molecule has 3 aromatic rings. The Morgan fingerprint density at radius 2 is 1.71 bits per heavy atom. The van der Waals surface area contributed by atoms with Gasteiger partial charge >= 0.3 is 6.09 Å². The van der Waals surface area contributed by atoms with Crippen LogP contribution in [-0.4, -0.2) is 47.5 Å². The van der Waals surface area contributed by atoms with Crippen molar-refractivity contribution < 1.29 is 24.5 Å². The van der Waals surface area contributed by atoms with Crippen molar-refractivity contribution in [2.45, 2.75) is 31.4 Å². The normalized spacial score (nSPS) is 16.0. The van der Waals surface area contributed by atoms with Crippen LogP contribution in [0.5, 0.6) is 5.75 Å². The van der Waals surface area contributed by atoms with Crippen molar-refractivity contribution in [1.82, 2.24) is 5.32 Å². The van der Waals surface area contributed by atoms with Crippen LogP contribution >= 0.6 is 0 Å². The molecule has 1 heterocycles. The third-order valence-corrected chi connectivity index (χ3v) is 5.83. The number of benzene rings is 3. The van der Waals surface area contributed by atoms with Crippen LogP contribution < -0.4 is 10.1 Å². The Labute approximate surface area is 205 Å². The summed E-state index contributed by atoms with van der Waals surface area (Å²) in [7, 11) is 0. The van der Waals surface area contributed by atoms with Gasteiger partial charge < -0.3 is 25.0 Å². The van der Waals surface area contributed by atoms with Gasteiger partial charge in [-0.25, -0.2) is 9.79 Å². The maximum atomic E-state index is 12.2. The van der Waals surface area contributed by atoms with Gasteiger partial charge in [0.1, 0.15) is 18.0 Å². The number of hydrogen-bond donors (Lipinski definition) is 3. The molecule has 1 amide bonds. The largest absolute Gasteiger partial charge is 0.494 e. The zero-order valence-electron chi connectivity index (χ0n) is 19.9. The Hall–Kier alpha value is -3.84. The van der Waals surface area contributed by atoms with Crippen LogP contribution in [0.15, 0.2) is 83.9 Å². The lowest BCUT2D eigenvalue weighted by atomic mass is 9.80. The van der Waals surface area contributed by atoms with Gasteiger partial charge in [-0.05, 0) is 61.2 Å². The number of rotatable bonds is 9. The van der Waals surface area contributed by atoms with Crippen molar-refractivity contribution in [2.24, 2.45) is 4.99 Å². The highest BCUT2D eigenvalue weighted by molar-refractivity contribution is 5.95. The highest BCUT2D eigenvalue weighted by atomic mass is 16.5. The number of nitrogens with one attached hydrogen (secondary N) is 1. The molecule has 0 aliphatic carbocycles. The number of hydrogen-bond acceptors (Lipinski definition) is 5. The number of ether oxygens (including phenoxy) is 2. The van der Waals surface area contributed by atoms with Crippen LogP contribution in [-0.2, 0) is 10.3 Å². The fourth-order valence-electron chi connectivity index (χ4n) is 4.03. The minimum atomic E-state index is -1.42. The number of carboxylic acid groups (broad SMARTS) is 1. The SMILES string of the molecule is CC1(C)COC(c2ccc(C(O)(c3ccccc3)c3cccc(OCCCNC(=O)O)c3)cc2)=N1.